The van der Waals surface area contributed by atoms with E-state index >= 15 is 0 Å². The lowest BCUT2D eigenvalue weighted by Gasteiger charge is -2.36. The van der Waals surface area contributed by atoms with Gasteiger partial charge in [0.05, 0.1) is 7.11 Å². The molecule has 2 nitrogen and oxygen atoms in total. The van der Waals surface area contributed by atoms with E-state index in [9.17, 15) is 0 Å². The molecule has 1 N–H and O–H groups in total. The molecule has 2 rings (SSSR count). The molecule has 1 heterocycles. The van der Waals surface area contributed by atoms with Gasteiger partial charge in [0.25, 0.3) is 0 Å². The molecule has 0 saturated carbocycles. The molecule has 1 aromatic carbocycles. The number of nitrogens with one attached hydrogen (secondary N) is 1. The minimum absolute atomic E-state index is 0.462. The molecule has 82 valence electrons. The highest BCUT2D eigenvalue weighted by molar-refractivity contribution is 8.01. The molecule has 1 aliphatic heterocycles. The van der Waals surface area contributed by atoms with Gasteiger partial charge in [0, 0.05) is 27.6 Å². The molecule has 1 saturated heterocycles. The van der Waals surface area contributed by atoms with E-state index in [-0.39, 0.29) is 0 Å². The molecule has 4 heteroatoms. The van der Waals surface area contributed by atoms with Crippen molar-refractivity contribution in [1.29, 1.82) is 0 Å². The monoisotopic (exact) mass is 243 g/mol. The third-order valence-electron chi connectivity index (χ3n) is 2.69. The van der Waals surface area contributed by atoms with Crippen LogP contribution in [0.4, 0.5) is 0 Å². The fraction of sp³-hybridized carbons (Fsp3) is 0.455. The highest BCUT2D eigenvalue weighted by atomic mass is 35.5. The first-order valence-electron chi connectivity index (χ1n) is 4.88. The molecule has 2 atom stereocenters. The van der Waals surface area contributed by atoms with E-state index < -0.39 is 0 Å². The lowest BCUT2D eigenvalue weighted by Crippen LogP contribution is -2.40. The van der Waals surface area contributed by atoms with Crippen molar-refractivity contribution in [3.63, 3.8) is 0 Å². The molecule has 0 aliphatic carbocycles. The topological polar surface area (TPSA) is 21.3 Å². The average Bonchev–Trinajstić information content (AvgIpc) is 2.17. The standard InChI is InChI=1S/C11H14ClNOS/c1-13-9-6-15-11(9)8-5-7(12)3-4-10(8)14-2/h3-5,9,11,13H,6H2,1-2H3. The number of methoxy groups -OCH3 is 1. The molecule has 1 fully saturated rings. The Bertz CT molecular complexity index is 356. The zero-order valence-corrected chi connectivity index (χ0v) is 10.4. The Morgan fingerprint density at radius 2 is 2.33 bits per heavy atom. The lowest BCUT2D eigenvalue weighted by atomic mass is 10.0. The maximum absolute atomic E-state index is 6.00. The Hall–Kier alpha value is -0.380. The van der Waals surface area contributed by atoms with E-state index in [1.54, 1.807) is 7.11 Å². The number of hydrogen-bond donors (Lipinski definition) is 1. The van der Waals surface area contributed by atoms with Crippen LogP contribution in [0.3, 0.4) is 0 Å². The number of likely N-dealkylation sites (N-methyl/N-ethyl adjacent to an activating group) is 1. The van der Waals surface area contributed by atoms with Crippen LogP contribution in [-0.4, -0.2) is 26.0 Å². The summed E-state index contributed by atoms with van der Waals surface area (Å²) in [5.74, 6) is 2.08. The molecule has 0 spiro atoms. The zero-order valence-electron chi connectivity index (χ0n) is 8.79. The van der Waals surface area contributed by atoms with Gasteiger partial charge in [-0.05, 0) is 25.2 Å². The van der Waals surface area contributed by atoms with Crippen LogP contribution < -0.4 is 10.1 Å². The number of ether oxygens (including phenoxy) is 1. The van der Waals surface area contributed by atoms with Crippen molar-refractivity contribution in [2.75, 3.05) is 19.9 Å². The van der Waals surface area contributed by atoms with E-state index in [2.05, 4.69) is 5.32 Å². The van der Waals surface area contributed by atoms with Crippen LogP contribution in [0, 0.1) is 0 Å². The Morgan fingerprint density at radius 3 is 2.87 bits per heavy atom. The zero-order chi connectivity index (χ0) is 10.8. The molecule has 1 aliphatic rings. The largest absolute Gasteiger partial charge is 0.496 e. The van der Waals surface area contributed by atoms with Gasteiger partial charge in [-0.2, -0.15) is 11.8 Å². The quantitative estimate of drug-likeness (QED) is 0.882. The van der Waals surface area contributed by atoms with Crippen LogP contribution in [0.15, 0.2) is 18.2 Å². The van der Waals surface area contributed by atoms with Crippen LogP contribution >= 0.6 is 23.4 Å². The summed E-state index contributed by atoms with van der Waals surface area (Å²) in [6.07, 6.45) is 0. The summed E-state index contributed by atoms with van der Waals surface area (Å²) in [5.41, 5.74) is 1.20. The van der Waals surface area contributed by atoms with Gasteiger partial charge in [-0.25, -0.2) is 0 Å². The van der Waals surface area contributed by atoms with Crippen LogP contribution in [0.1, 0.15) is 10.8 Å². The molecular formula is C11H14ClNOS. The van der Waals surface area contributed by atoms with Crippen LogP contribution in [0.5, 0.6) is 5.75 Å². The van der Waals surface area contributed by atoms with Gasteiger partial charge in [-0.3, -0.25) is 0 Å². The molecule has 0 bridgehead atoms. The minimum atomic E-state index is 0.462. The van der Waals surface area contributed by atoms with Crippen molar-refractivity contribution in [1.82, 2.24) is 5.32 Å². The van der Waals surface area contributed by atoms with Crippen LogP contribution in [0.2, 0.25) is 5.02 Å². The van der Waals surface area contributed by atoms with Crippen LogP contribution in [0.25, 0.3) is 0 Å². The van der Waals surface area contributed by atoms with Crippen molar-refractivity contribution < 1.29 is 4.74 Å². The van der Waals surface area contributed by atoms with Crippen molar-refractivity contribution >= 4 is 23.4 Å². The third-order valence-corrected chi connectivity index (χ3v) is 4.42. The predicted octanol–water partition coefficient (Wildman–Crippen LogP) is 2.72. The molecule has 0 amide bonds. The first kappa shape index (κ1) is 11.1. The van der Waals surface area contributed by atoms with E-state index in [0.29, 0.717) is 11.3 Å². The summed E-state index contributed by atoms with van der Waals surface area (Å²) in [5, 5.41) is 4.53. The average molecular weight is 244 g/mol. The van der Waals surface area contributed by atoms with E-state index in [1.165, 1.54) is 5.56 Å². The first-order valence-corrected chi connectivity index (χ1v) is 6.31. The highest BCUT2D eigenvalue weighted by Gasteiger charge is 2.33. The van der Waals surface area contributed by atoms with Gasteiger partial charge in [0.15, 0.2) is 0 Å². The van der Waals surface area contributed by atoms with Crippen molar-refractivity contribution in [3.8, 4) is 5.75 Å². The number of benzene rings is 1. The number of rotatable bonds is 3. The first-order chi connectivity index (χ1) is 7.26. The summed E-state index contributed by atoms with van der Waals surface area (Å²) in [6.45, 7) is 0. The summed E-state index contributed by atoms with van der Waals surface area (Å²) in [6, 6.07) is 6.33. The van der Waals surface area contributed by atoms with E-state index in [1.807, 2.05) is 37.0 Å². The summed E-state index contributed by atoms with van der Waals surface area (Å²) < 4.78 is 5.35. The predicted molar refractivity (Wildman–Crippen MR) is 66.1 cm³/mol. The molecule has 2 unspecified atom stereocenters. The van der Waals surface area contributed by atoms with Gasteiger partial charge in [0.2, 0.25) is 0 Å². The van der Waals surface area contributed by atoms with Crippen molar-refractivity contribution in [3.05, 3.63) is 28.8 Å². The third kappa shape index (κ3) is 2.10. The van der Waals surface area contributed by atoms with Gasteiger partial charge in [0.1, 0.15) is 5.75 Å². The smallest absolute Gasteiger partial charge is 0.123 e. The number of thioether (sulfide) groups is 1. The molecule has 0 radical (unpaired) electrons. The number of halogens is 1. The minimum Gasteiger partial charge on any atom is -0.496 e. The Balaban J connectivity index is 2.29. The fourth-order valence-corrected chi connectivity index (χ4v) is 3.18. The summed E-state index contributed by atoms with van der Waals surface area (Å²) in [4.78, 5) is 0. The fourth-order valence-electron chi connectivity index (χ4n) is 1.76. The van der Waals surface area contributed by atoms with Gasteiger partial charge >= 0.3 is 0 Å². The van der Waals surface area contributed by atoms with Crippen molar-refractivity contribution in [2.45, 2.75) is 11.3 Å². The maximum atomic E-state index is 6.00. The molecular weight excluding hydrogens is 230 g/mol. The SMILES string of the molecule is CNC1CSC1c1cc(Cl)ccc1OC. The lowest BCUT2D eigenvalue weighted by molar-refractivity contribution is 0.405. The normalized spacial score (nSPS) is 24.7. The maximum Gasteiger partial charge on any atom is 0.123 e. The van der Waals surface area contributed by atoms with Crippen molar-refractivity contribution in [2.24, 2.45) is 0 Å². The van der Waals surface area contributed by atoms with Gasteiger partial charge in [-0.1, -0.05) is 11.6 Å². The van der Waals surface area contributed by atoms with E-state index in [0.717, 1.165) is 16.5 Å². The Labute approximate surface area is 99.3 Å². The number of hydrogen-bond acceptors (Lipinski definition) is 3. The summed E-state index contributed by atoms with van der Waals surface area (Å²) >= 11 is 7.93. The highest BCUT2D eigenvalue weighted by Crippen LogP contribution is 2.46. The second-order valence-electron chi connectivity index (χ2n) is 3.54. The van der Waals surface area contributed by atoms with Gasteiger partial charge < -0.3 is 10.1 Å². The Morgan fingerprint density at radius 1 is 1.53 bits per heavy atom. The second kappa shape index (κ2) is 4.64. The van der Waals surface area contributed by atoms with Gasteiger partial charge in [-0.15, -0.1) is 0 Å². The Kier molecular flexibility index (Phi) is 3.44. The van der Waals surface area contributed by atoms with Crippen LogP contribution in [-0.2, 0) is 0 Å². The van der Waals surface area contributed by atoms with E-state index in [4.69, 9.17) is 16.3 Å². The molecule has 0 aromatic heterocycles. The summed E-state index contributed by atoms with van der Waals surface area (Å²) in [7, 11) is 3.69. The molecule has 15 heavy (non-hydrogen) atoms. The molecule has 1 aromatic rings. The second-order valence-corrected chi connectivity index (χ2v) is 5.15.